The van der Waals surface area contributed by atoms with Crippen LogP contribution in [0.25, 0.3) is 76.8 Å². The first-order valence-corrected chi connectivity index (χ1v) is 28.1. The molecule has 8 aromatic rings. The number of carbonyl (C=O) groups is 1. The van der Waals surface area contributed by atoms with E-state index in [4.69, 9.17) is 265 Å². The largest absolute Gasteiger partial charge is 0.523 e. The predicted molar refractivity (Wildman–Crippen MR) is 480 cm³/mol. The highest BCUT2D eigenvalue weighted by molar-refractivity contribution is 6.03. The molecule has 0 spiro atoms. The van der Waals surface area contributed by atoms with Crippen LogP contribution in [0.4, 0.5) is 8.78 Å². The van der Waals surface area contributed by atoms with E-state index in [2.05, 4.69) is 47.4 Å². The number of fused-ring (bicyclic) bond motifs is 8. The van der Waals surface area contributed by atoms with Gasteiger partial charge in [0.05, 0.1) is 47.0 Å². The fourth-order valence-corrected chi connectivity index (χ4v) is 15.1. The predicted octanol–water partition coefficient (Wildman–Crippen LogP) is 35.8. The molecule has 0 amide bonds. The van der Waals surface area contributed by atoms with Crippen LogP contribution in [0.3, 0.4) is 0 Å². The molecule has 6 aliphatic rings. The number of nitrogens with zero attached hydrogens (tertiary/aromatic N) is 8. The third kappa shape index (κ3) is 8.72. The molecule has 6 aliphatic carbocycles. The highest BCUT2D eigenvalue weighted by Gasteiger charge is 2.59. The normalized spacial score (nSPS) is 33.1. The Hall–Kier alpha value is -8.35. The summed E-state index contributed by atoms with van der Waals surface area (Å²) in [7, 11) is 0. The van der Waals surface area contributed by atoms with Crippen molar-refractivity contribution in [1.29, 1.82) is 0 Å². The van der Waals surface area contributed by atoms with Gasteiger partial charge in [-0.15, -0.1) is 0 Å². The zero-order chi connectivity index (χ0) is 211. The average molecular weight is 1550 g/mol. The topological polar surface area (TPSA) is 123 Å². The van der Waals surface area contributed by atoms with Crippen molar-refractivity contribution in [2.45, 2.75) is 117 Å². The Balaban J connectivity index is -0.0000000205. The summed E-state index contributed by atoms with van der Waals surface area (Å²) in [5, 5.41) is 13.3. The lowest BCUT2D eigenvalue weighted by Crippen LogP contribution is -2.53. The number of hydrogen-bond acceptors (Lipinski definition) is 8. The number of aliphatic hydroxyl groups excluding tert-OH is 1. The van der Waals surface area contributed by atoms with Gasteiger partial charge in [-0.3, -0.25) is 9.97 Å². The van der Waals surface area contributed by atoms with Gasteiger partial charge in [0, 0.05) is 311 Å². The zero-order valence-electron chi connectivity index (χ0n) is 201. The van der Waals surface area contributed by atoms with E-state index in [9.17, 15) is 9.90 Å². The third-order valence-electron chi connectivity index (χ3n) is 19.1. The summed E-state index contributed by atoms with van der Waals surface area (Å²) in [5.41, 5.74) is 7.24. The van der Waals surface area contributed by atoms with Crippen molar-refractivity contribution in [3.8, 4) is 45.3 Å². The van der Waals surface area contributed by atoms with E-state index < -0.39 is 21.7 Å². The van der Waals surface area contributed by atoms with Crippen molar-refractivity contribution in [2.75, 3.05) is 0 Å². The number of ketones is 1. The number of halogens is 2. The molecular weight excluding hydrogens is 1010 g/mol. The molecule has 0 radical (unpaired) electrons. The molecule has 4 heterocycles. The molecule has 1 N–H and O–H groups in total. The molecule has 0 bridgehead atoms. The summed E-state index contributed by atoms with van der Waals surface area (Å²) in [6.07, 6.45) is 15.0. The second-order valence-electron chi connectivity index (χ2n) is 24.2. The second-order valence-corrected chi connectivity index (χ2v) is 24.2. The van der Waals surface area contributed by atoms with E-state index in [0.29, 0.717) is 71.0 Å². The lowest BCUT2D eigenvalue weighted by Gasteiger charge is -2.54. The number of pyridine rings is 2. The molecule has 0 saturated heterocycles. The SMILES string of the molecule is C.[3HH].[3H][3H].[3H][3H].[3H][3H].[3H][3H].[3H][3H].[3H][3H].[3H][3H].[3H][3H].[3H][3H].[3H][3H].[3H][3H].[3H][3H].[3H][3H].[3H][3H].[3H][3H].[3H][3H].[3H][3H].[3H][3H].[3H][3H].[3H][3H].[3H][3H].[3H][3H].[3H][3H].[3H][3H].[3H][3H].[3H][3H].[3H][3H].[3H][3H].[3H][3H].[3H][3H].[3H][3H].[3H][3H].[3H][3H].[3H][3H].[3H][3H].[3H][3H].[3H][3H].[3H][3H].[3H][3H].[3H][3H].[3H][3H].[3H][3H].[3H][3H].[3H][3H].[3H][3H].[3H][3H].[3H][3H].[3H][3H].[3H][3H].[3H][3H].[3H][3H].[3H][3H].[3H][3H].[3H][3H].[3H][3H].[3H][3H].[3H][3H].[3H][3H].[3H][3H].[3H][3H].[3H][3H].[3H][3H].[3H][3H].[3H][3H].[3H][3H].[3H][3H].[3H][3H].[3H][3H].[3H][3H].[3H][3H].[3H][3H].[3H][3H].[3H][3H].[3H][3H].[3H][3H].[3H][3H].[3H][3H].[3H][3H].[C-]#[N+]C1=C(O)[C@](C)(CC2CC2)[C@H]2CCc3c(-c4ccccc4F)nc(-c4ccnc5ccccc45)nc3[C@]2(C)C1.[C-]#[N+]C1=C[C@@]2(C)c3nc(-c4ccnc5ccccc45)nc(-c4ccccc4F)c3CC[C@@H]2[C@@](C)(CC2CC2)C1=O. The molecule has 2 fully saturated rings. The smallest absolute Gasteiger partial charge is 0.226 e. The van der Waals surface area contributed by atoms with Gasteiger partial charge in [0.25, 0.3) is 0 Å². The molecule has 4 aromatic heterocycles. The summed E-state index contributed by atoms with van der Waals surface area (Å²) >= 11 is 0. The lowest BCUT2D eigenvalue weighted by molar-refractivity contribution is -0.130. The van der Waals surface area contributed by atoms with Crippen LogP contribution in [-0.2, 0) is 28.5 Å². The maximum atomic E-state index is 15.4. The number of aliphatic hydroxyl groups is 1. The number of hydrogen-bond donors (Lipinski definition) is 1. The van der Waals surface area contributed by atoms with Gasteiger partial charge in [-0.05, 0) is 117 Å². The van der Waals surface area contributed by atoms with Crippen LogP contribution < -0.4 is 0 Å². The third-order valence-corrected chi connectivity index (χ3v) is 19.1. The Morgan fingerprint density at radius 2 is 1.09 bits per heavy atom. The van der Waals surface area contributed by atoms with E-state index in [1.807, 2.05) is 78.9 Å². The maximum absolute atomic E-state index is 15.4. The average Bonchev–Trinajstić information content (AvgIpc) is 1.13. The van der Waals surface area contributed by atoms with Crippen molar-refractivity contribution in [3.63, 3.8) is 0 Å². The zero-order valence-corrected chi connectivity index (χ0v) is 45.4. The van der Waals surface area contributed by atoms with E-state index in [0.717, 1.165) is 94.0 Å². The van der Waals surface area contributed by atoms with Crippen molar-refractivity contribution in [1.82, 2.24) is 29.9 Å². The van der Waals surface area contributed by atoms with Crippen LogP contribution in [0.1, 0.15) is 348 Å². The number of rotatable bonds is 8. The van der Waals surface area contributed by atoms with Gasteiger partial charge in [-0.1, -0.05) is 128 Å². The monoisotopic (exact) mass is 1550 g/mol. The minimum absolute atomic E-state index is 0. The minimum atomic E-state index is -0.675. The van der Waals surface area contributed by atoms with Gasteiger partial charge in [-0.2, -0.15) is 0 Å². The maximum Gasteiger partial charge on any atom is 0.226 e. The van der Waals surface area contributed by atoms with Crippen LogP contribution in [0.2, 0.25) is 0 Å². The summed E-state index contributed by atoms with van der Waals surface area (Å²) in [4.78, 5) is 51.0. The number of allylic oxidation sites excluding steroid dienone is 4. The molecule has 0 aliphatic heterocycles. The van der Waals surface area contributed by atoms with Gasteiger partial charge < -0.3 is 9.90 Å². The molecule has 14 rings (SSSR count). The van der Waals surface area contributed by atoms with Crippen molar-refractivity contribution < 1.29 is 252 Å². The summed E-state index contributed by atoms with van der Waals surface area (Å²) in [5.74, 6) is 1.80. The quantitative estimate of drug-likeness (QED) is 0.149. The molecule has 0 unspecified atom stereocenters. The van der Waals surface area contributed by atoms with Gasteiger partial charge in [0.1, 0.15) is 17.4 Å². The first-order chi connectivity index (χ1) is 117. The molecule has 81 heavy (non-hydrogen) atoms. The molecule has 12 heteroatoms. The van der Waals surface area contributed by atoms with Crippen LogP contribution >= 0.6 is 0 Å². The van der Waals surface area contributed by atoms with E-state index in [1.165, 1.54) is 25.0 Å². The Morgan fingerprint density at radius 1 is 0.605 bits per heavy atom. The lowest BCUT2D eigenvalue weighted by atomic mass is 9.50. The Labute approximate surface area is 714 Å². The van der Waals surface area contributed by atoms with Crippen LogP contribution in [0.5, 0.6) is 0 Å². The molecular formula is C69H222F2N8O2. The van der Waals surface area contributed by atoms with E-state index in [1.54, 1.807) is 36.7 Å². The summed E-state index contributed by atoms with van der Waals surface area (Å²) in [6.45, 7) is 24.4. The molecule has 6 atom stereocenters. The Morgan fingerprint density at radius 3 is 1.60 bits per heavy atom. The highest BCUT2D eigenvalue weighted by atomic mass is 19.1. The Kier molecular flexibility index (Phi) is 3.53. The molecule has 4 aromatic carbocycles. The van der Waals surface area contributed by atoms with Crippen molar-refractivity contribution >= 4 is 27.6 Å². The van der Waals surface area contributed by atoms with Gasteiger partial charge >= 0.3 is 0 Å². The van der Waals surface area contributed by atoms with Crippen molar-refractivity contribution in [3.05, 3.63) is 202 Å². The molecule has 2 saturated carbocycles. The van der Waals surface area contributed by atoms with Crippen LogP contribution in [0.15, 0.2) is 145 Å². The molecule has 10 nitrogen and oxygen atoms in total. The van der Waals surface area contributed by atoms with Crippen LogP contribution in [0, 0.1) is 59.3 Å². The second kappa shape index (κ2) is 20.0. The standard InChI is InChI=1S/C34H31FN4O.C34H29FN4O.CH4.79H2/c2*1-33-19-27(36-3)31(40)34(2,18-20-12-13-20)28(33)15-14-24-29(23-9-4-6-10-25(23)35)38-32(39-30(24)33)22-16-17-37-26-11-7-5-8-21(22)26;;;;;;;;;;;;;;;;;;;;;;;;;;;;;;;;;;;;;;;;;;;;;;;;;;;;;;;;;;;;;;;;;;;;;;;;;;;;;;;;/h4-11,16-17,20,28,40H,12-15,18-19H2,1-2H3;4-11,16-17,19-20,28H,12-15,18H2,1-2H3;1H4;79*1H/t2*28-,33+,34+;;;;;;;;;;;;;;;;;;;;;;;;;;;;;;;;;;;;;;;;;;;;;;;;;;;;;;;;;;;;;;;;;;;;;;;;;;;;;;;;/m00................................................................................/s1/i;;;78*1+2T;1+2. The van der Waals surface area contributed by atoms with E-state index >= 15 is 8.78 Å². The number of benzene rings is 4. The number of para-hydroxylation sites is 2. The minimum Gasteiger partial charge on any atom is -0.523 e. The van der Waals surface area contributed by atoms with E-state index in [-0.39, 0.29) is 49.6 Å². The highest BCUT2D eigenvalue weighted by Crippen LogP contribution is 2.63. The molecule has 564 valence electrons. The van der Waals surface area contributed by atoms with Crippen molar-refractivity contribution in [2.24, 2.45) is 34.5 Å². The Bertz CT molecular complexity index is 4270. The fourth-order valence-electron chi connectivity index (χ4n) is 15.1. The van der Waals surface area contributed by atoms with Crippen LogP contribution in [-0.4, -0.2) is 40.8 Å². The summed E-state index contributed by atoms with van der Waals surface area (Å²) in [6, 6.07) is 33.1. The number of carbonyl (C=O) groups excluding carboxylic acids is 1. The number of Topliss-reactive ketones (excluding diaryl/α,β-unsaturated/α-hetero) is 1. The number of aromatic nitrogens is 6. The summed E-state index contributed by atoms with van der Waals surface area (Å²) < 4.78 is 811. The first kappa shape index (κ1) is 14.3. The van der Waals surface area contributed by atoms with Gasteiger partial charge in [0.2, 0.25) is 11.4 Å². The van der Waals surface area contributed by atoms with Gasteiger partial charge in [-0.25, -0.2) is 38.4 Å². The first-order valence-electron chi connectivity index (χ1n) is 106. The fraction of sp³-hybridized carbons (Fsp3) is 0.348. The van der Waals surface area contributed by atoms with Gasteiger partial charge in [0.15, 0.2) is 17.4 Å².